The Kier molecular flexibility index (Phi) is 2.69. The Morgan fingerprint density at radius 1 is 1.57 bits per heavy atom. The van der Waals surface area contributed by atoms with Gasteiger partial charge in [-0.3, -0.25) is 9.78 Å². The molecule has 2 rings (SSSR count). The van der Waals surface area contributed by atoms with Gasteiger partial charge in [0.25, 0.3) is 0 Å². The van der Waals surface area contributed by atoms with Crippen molar-refractivity contribution in [1.29, 1.82) is 0 Å². The van der Waals surface area contributed by atoms with Crippen LogP contribution in [0.4, 0.5) is 5.82 Å². The number of amides is 1. The molecule has 1 atom stereocenters. The van der Waals surface area contributed by atoms with Crippen LogP contribution in [0.5, 0.6) is 0 Å². The van der Waals surface area contributed by atoms with Gasteiger partial charge in [-0.05, 0) is 13.0 Å². The van der Waals surface area contributed by atoms with Gasteiger partial charge in [0.15, 0.2) is 5.82 Å². The van der Waals surface area contributed by atoms with Crippen molar-refractivity contribution in [3.8, 4) is 0 Å². The van der Waals surface area contributed by atoms with Crippen molar-refractivity contribution < 1.29 is 4.79 Å². The van der Waals surface area contributed by atoms with Crippen LogP contribution in [0.25, 0.3) is 0 Å². The number of aromatic nitrogens is 2. The van der Waals surface area contributed by atoms with Crippen LogP contribution in [0, 0.1) is 5.92 Å². The van der Waals surface area contributed by atoms with Crippen molar-refractivity contribution in [2.45, 2.75) is 6.42 Å². The first-order valence-electron chi connectivity index (χ1n) is 4.64. The lowest BCUT2D eigenvalue weighted by Crippen LogP contribution is -2.25. The van der Waals surface area contributed by atoms with Gasteiger partial charge in [-0.15, -0.1) is 0 Å². The van der Waals surface area contributed by atoms with Crippen molar-refractivity contribution in [3.63, 3.8) is 0 Å². The highest BCUT2D eigenvalue weighted by molar-refractivity contribution is 5.91. The summed E-state index contributed by atoms with van der Waals surface area (Å²) in [6.45, 7) is 1.67. The average Bonchev–Trinajstić information content (AvgIpc) is 2.72. The van der Waals surface area contributed by atoms with Gasteiger partial charge in [0.1, 0.15) is 0 Å². The molecule has 2 heterocycles. The van der Waals surface area contributed by atoms with Crippen molar-refractivity contribution in [3.05, 3.63) is 18.6 Å². The van der Waals surface area contributed by atoms with Crippen molar-refractivity contribution in [2.24, 2.45) is 5.92 Å². The lowest BCUT2D eigenvalue weighted by atomic mass is 10.1. The summed E-state index contributed by atoms with van der Waals surface area (Å²) in [6.07, 6.45) is 5.57. The summed E-state index contributed by atoms with van der Waals surface area (Å²) in [4.78, 5) is 19.4. The van der Waals surface area contributed by atoms with E-state index in [1.54, 1.807) is 18.6 Å². The average molecular weight is 192 g/mol. The number of anilines is 1. The molecule has 0 saturated carbocycles. The fourth-order valence-electron chi connectivity index (χ4n) is 1.47. The molecular formula is C9H12N4O. The van der Waals surface area contributed by atoms with Gasteiger partial charge >= 0.3 is 0 Å². The maximum Gasteiger partial charge on any atom is 0.230 e. The number of hydrogen-bond acceptors (Lipinski definition) is 4. The SMILES string of the molecule is O=C(Nc1cnccn1)C1CCNC1. The molecule has 0 spiro atoms. The first-order chi connectivity index (χ1) is 6.86. The summed E-state index contributed by atoms with van der Waals surface area (Å²) in [7, 11) is 0. The Morgan fingerprint density at radius 2 is 2.50 bits per heavy atom. The molecule has 1 aliphatic rings. The van der Waals surface area contributed by atoms with Crippen LogP contribution < -0.4 is 10.6 Å². The summed E-state index contributed by atoms with van der Waals surface area (Å²) in [5.41, 5.74) is 0. The molecule has 1 amide bonds. The third kappa shape index (κ3) is 2.05. The molecule has 5 nitrogen and oxygen atoms in total. The molecule has 2 N–H and O–H groups in total. The minimum absolute atomic E-state index is 0.0236. The van der Waals surface area contributed by atoms with E-state index in [-0.39, 0.29) is 11.8 Å². The molecule has 1 unspecified atom stereocenters. The largest absolute Gasteiger partial charge is 0.316 e. The quantitative estimate of drug-likeness (QED) is 0.693. The molecule has 14 heavy (non-hydrogen) atoms. The highest BCUT2D eigenvalue weighted by Crippen LogP contribution is 2.10. The summed E-state index contributed by atoms with van der Waals surface area (Å²) in [5.74, 6) is 0.608. The van der Waals surface area contributed by atoms with Crippen molar-refractivity contribution in [1.82, 2.24) is 15.3 Å². The zero-order chi connectivity index (χ0) is 9.80. The van der Waals surface area contributed by atoms with Gasteiger partial charge in [0, 0.05) is 18.9 Å². The highest BCUT2D eigenvalue weighted by Gasteiger charge is 2.22. The Labute approximate surface area is 82.0 Å². The Hall–Kier alpha value is -1.49. The normalized spacial score (nSPS) is 20.7. The monoisotopic (exact) mass is 192 g/mol. The molecule has 1 fully saturated rings. The summed E-state index contributed by atoms with van der Waals surface area (Å²) in [6, 6.07) is 0. The first-order valence-corrected chi connectivity index (χ1v) is 4.64. The van der Waals surface area contributed by atoms with Gasteiger partial charge in [0.2, 0.25) is 5.91 Å². The summed E-state index contributed by atoms with van der Waals surface area (Å²) < 4.78 is 0. The van der Waals surface area contributed by atoms with E-state index in [1.807, 2.05) is 0 Å². The number of carbonyl (C=O) groups excluding carboxylic acids is 1. The predicted molar refractivity (Wildman–Crippen MR) is 51.6 cm³/mol. The molecule has 0 bridgehead atoms. The van der Waals surface area contributed by atoms with Gasteiger partial charge < -0.3 is 10.6 Å². The first kappa shape index (κ1) is 9.08. The van der Waals surface area contributed by atoms with Crippen LogP contribution in [-0.2, 0) is 4.79 Å². The van der Waals surface area contributed by atoms with Gasteiger partial charge in [-0.2, -0.15) is 0 Å². The second kappa shape index (κ2) is 4.15. The number of nitrogens with zero attached hydrogens (tertiary/aromatic N) is 2. The van der Waals surface area contributed by atoms with Crippen LogP contribution in [0.15, 0.2) is 18.6 Å². The van der Waals surface area contributed by atoms with E-state index in [0.29, 0.717) is 5.82 Å². The van der Waals surface area contributed by atoms with Gasteiger partial charge in [0.05, 0.1) is 12.1 Å². The number of nitrogens with one attached hydrogen (secondary N) is 2. The number of rotatable bonds is 2. The van der Waals surface area contributed by atoms with Crippen LogP contribution in [0.3, 0.4) is 0 Å². The topological polar surface area (TPSA) is 66.9 Å². The van der Waals surface area contributed by atoms with Crippen molar-refractivity contribution >= 4 is 11.7 Å². The zero-order valence-corrected chi connectivity index (χ0v) is 7.73. The van der Waals surface area contributed by atoms with Crippen LogP contribution >= 0.6 is 0 Å². The lowest BCUT2D eigenvalue weighted by Gasteiger charge is -2.07. The third-order valence-electron chi connectivity index (χ3n) is 2.25. The molecule has 1 saturated heterocycles. The maximum absolute atomic E-state index is 11.6. The predicted octanol–water partition coefficient (Wildman–Crippen LogP) is 0.0246. The molecule has 74 valence electrons. The molecular weight excluding hydrogens is 180 g/mol. The van der Waals surface area contributed by atoms with Gasteiger partial charge in [-0.25, -0.2) is 4.98 Å². The number of carbonyl (C=O) groups is 1. The molecule has 1 aromatic heterocycles. The molecule has 0 aliphatic carbocycles. The van der Waals surface area contributed by atoms with E-state index in [9.17, 15) is 4.79 Å². The van der Waals surface area contributed by atoms with E-state index < -0.39 is 0 Å². The van der Waals surface area contributed by atoms with E-state index in [0.717, 1.165) is 19.5 Å². The summed E-state index contributed by atoms with van der Waals surface area (Å²) >= 11 is 0. The standard InChI is InChI=1S/C9H12N4O/c14-9(7-1-2-10-5-7)13-8-6-11-3-4-12-8/h3-4,6-7,10H,1-2,5H2,(H,12,13,14). The molecule has 1 aromatic rings. The Morgan fingerprint density at radius 3 is 3.14 bits per heavy atom. The van der Waals surface area contributed by atoms with E-state index in [4.69, 9.17) is 0 Å². The minimum Gasteiger partial charge on any atom is -0.316 e. The summed E-state index contributed by atoms with van der Waals surface area (Å²) in [5, 5.41) is 5.87. The second-order valence-corrected chi connectivity index (χ2v) is 3.27. The smallest absolute Gasteiger partial charge is 0.230 e. The Bertz CT molecular complexity index is 308. The van der Waals surface area contributed by atoms with Crippen LogP contribution in [0.2, 0.25) is 0 Å². The van der Waals surface area contributed by atoms with E-state index in [2.05, 4.69) is 20.6 Å². The molecule has 0 aromatic carbocycles. The molecule has 0 radical (unpaired) electrons. The Balaban J connectivity index is 1.94. The third-order valence-corrected chi connectivity index (χ3v) is 2.25. The van der Waals surface area contributed by atoms with Crippen LogP contribution in [-0.4, -0.2) is 29.0 Å². The lowest BCUT2D eigenvalue weighted by molar-refractivity contribution is -0.119. The minimum atomic E-state index is 0.0236. The second-order valence-electron chi connectivity index (χ2n) is 3.27. The van der Waals surface area contributed by atoms with Gasteiger partial charge in [-0.1, -0.05) is 0 Å². The van der Waals surface area contributed by atoms with E-state index in [1.165, 1.54) is 0 Å². The highest BCUT2D eigenvalue weighted by atomic mass is 16.2. The molecule has 1 aliphatic heterocycles. The fourth-order valence-corrected chi connectivity index (χ4v) is 1.47. The van der Waals surface area contributed by atoms with E-state index >= 15 is 0 Å². The number of hydrogen-bond donors (Lipinski definition) is 2. The maximum atomic E-state index is 11.6. The van der Waals surface area contributed by atoms with Crippen molar-refractivity contribution in [2.75, 3.05) is 18.4 Å². The van der Waals surface area contributed by atoms with Crippen LogP contribution in [0.1, 0.15) is 6.42 Å². The fraction of sp³-hybridized carbons (Fsp3) is 0.444. The zero-order valence-electron chi connectivity index (χ0n) is 7.73. The molecule has 5 heteroatoms.